The fourth-order valence-electron chi connectivity index (χ4n) is 8.04. The lowest BCUT2D eigenvalue weighted by Gasteiger charge is -2.18. The molecule has 0 saturated heterocycles. The Balaban J connectivity index is 4.15. The van der Waals surface area contributed by atoms with Crippen LogP contribution >= 0.6 is 0 Å². The van der Waals surface area contributed by atoms with Crippen LogP contribution < -0.4 is 0 Å². The van der Waals surface area contributed by atoms with Crippen molar-refractivity contribution in [2.24, 2.45) is 5.92 Å². The molecular formula is C53H102O6. The van der Waals surface area contributed by atoms with E-state index in [1.54, 1.807) is 0 Å². The van der Waals surface area contributed by atoms with Gasteiger partial charge in [-0.2, -0.15) is 0 Å². The molecule has 350 valence electrons. The lowest BCUT2D eigenvalue weighted by atomic mass is 10.0. The second kappa shape index (κ2) is 47.5. The first-order valence-corrected chi connectivity index (χ1v) is 26.4. The molecule has 0 aromatic heterocycles. The summed E-state index contributed by atoms with van der Waals surface area (Å²) < 4.78 is 16.8. The Morgan fingerprint density at radius 2 is 0.559 bits per heavy atom. The number of carbonyl (C=O) groups is 3. The van der Waals surface area contributed by atoms with E-state index in [0.717, 1.165) is 63.7 Å². The van der Waals surface area contributed by atoms with Crippen LogP contribution in [-0.4, -0.2) is 37.2 Å². The number of hydrogen-bond donors (Lipinski definition) is 0. The van der Waals surface area contributed by atoms with E-state index in [2.05, 4.69) is 27.7 Å². The van der Waals surface area contributed by atoms with Gasteiger partial charge in [0.1, 0.15) is 13.2 Å². The van der Waals surface area contributed by atoms with E-state index < -0.39 is 6.10 Å². The van der Waals surface area contributed by atoms with E-state index >= 15 is 0 Å². The van der Waals surface area contributed by atoms with Crippen LogP contribution in [0.1, 0.15) is 297 Å². The van der Waals surface area contributed by atoms with Crippen LogP contribution in [0, 0.1) is 5.92 Å². The molecule has 0 heterocycles. The Morgan fingerprint density at radius 1 is 0.322 bits per heavy atom. The molecule has 1 atom stereocenters. The third kappa shape index (κ3) is 47.3. The summed E-state index contributed by atoms with van der Waals surface area (Å²) in [6.45, 7) is 9.03. The number of hydrogen-bond acceptors (Lipinski definition) is 6. The first-order valence-electron chi connectivity index (χ1n) is 26.4. The van der Waals surface area contributed by atoms with Crippen LogP contribution in [0.2, 0.25) is 0 Å². The summed E-state index contributed by atoms with van der Waals surface area (Å²) in [6.07, 6.45) is 49.5. The molecule has 0 saturated carbocycles. The van der Waals surface area contributed by atoms with Crippen molar-refractivity contribution in [3.8, 4) is 0 Å². The summed E-state index contributed by atoms with van der Waals surface area (Å²) in [7, 11) is 0. The molecule has 0 unspecified atom stereocenters. The largest absolute Gasteiger partial charge is 0.462 e. The van der Waals surface area contributed by atoms with Gasteiger partial charge in [-0.1, -0.05) is 259 Å². The smallest absolute Gasteiger partial charge is 0.306 e. The second-order valence-corrected chi connectivity index (χ2v) is 18.6. The van der Waals surface area contributed by atoms with Crippen molar-refractivity contribution in [1.82, 2.24) is 0 Å². The zero-order chi connectivity index (χ0) is 43.1. The number of unbranched alkanes of at least 4 members (excludes halogenated alkanes) is 35. The van der Waals surface area contributed by atoms with Gasteiger partial charge in [0.2, 0.25) is 0 Å². The minimum absolute atomic E-state index is 0.0627. The predicted molar refractivity (Wildman–Crippen MR) is 252 cm³/mol. The standard InChI is InChI=1S/C53H102O6/c1-5-7-9-11-13-15-28-32-36-40-44-51(54)57-47-50(59-53(56)46-42-38-34-29-16-14-12-10-8-6-2)48-58-52(55)45-41-37-33-30-26-24-22-20-18-17-19-21-23-25-27-31-35-39-43-49(3)4/h49-50H,5-48H2,1-4H3/t50-/m0/s1. The van der Waals surface area contributed by atoms with Crippen molar-refractivity contribution < 1.29 is 28.6 Å². The molecule has 0 aliphatic rings. The van der Waals surface area contributed by atoms with Gasteiger partial charge in [-0.25, -0.2) is 0 Å². The number of carbonyl (C=O) groups excluding carboxylic acids is 3. The maximum absolute atomic E-state index is 12.7. The van der Waals surface area contributed by atoms with Gasteiger partial charge in [-0.15, -0.1) is 0 Å². The van der Waals surface area contributed by atoms with Crippen molar-refractivity contribution in [1.29, 1.82) is 0 Å². The first-order chi connectivity index (χ1) is 28.9. The van der Waals surface area contributed by atoms with Crippen molar-refractivity contribution in [3.63, 3.8) is 0 Å². The predicted octanol–water partition coefficient (Wildman–Crippen LogP) is 17.1. The second-order valence-electron chi connectivity index (χ2n) is 18.6. The van der Waals surface area contributed by atoms with Crippen LogP contribution in [0.15, 0.2) is 0 Å². The first kappa shape index (κ1) is 57.4. The molecule has 0 bridgehead atoms. The van der Waals surface area contributed by atoms with E-state index in [4.69, 9.17) is 14.2 Å². The summed E-state index contributed by atoms with van der Waals surface area (Å²) in [5.41, 5.74) is 0. The van der Waals surface area contributed by atoms with Crippen molar-refractivity contribution in [2.75, 3.05) is 13.2 Å². The summed E-state index contributed by atoms with van der Waals surface area (Å²) >= 11 is 0. The molecule has 0 radical (unpaired) electrons. The third-order valence-electron chi connectivity index (χ3n) is 12.0. The van der Waals surface area contributed by atoms with Gasteiger partial charge in [0.05, 0.1) is 0 Å². The van der Waals surface area contributed by atoms with Gasteiger partial charge in [0.15, 0.2) is 6.10 Å². The summed E-state index contributed by atoms with van der Waals surface area (Å²) in [5, 5.41) is 0. The minimum atomic E-state index is -0.759. The average Bonchev–Trinajstić information content (AvgIpc) is 3.22. The Kier molecular flexibility index (Phi) is 46.2. The van der Waals surface area contributed by atoms with E-state index in [1.807, 2.05) is 0 Å². The van der Waals surface area contributed by atoms with Crippen LogP contribution in [0.3, 0.4) is 0 Å². The molecule has 0 N–H and O–H groups in total. The summed E-state index contributed by atoms with van der Waals surface area (Å²) in [5.74, 6) is 0.0123. The molecule has 0 rings (SSSR count). The molecule has 6 nitrogen and oxygen atoms in total. The summed E-state index contributed by atoms with van der Waals surface area (Å²) in [4.78, 5) is 37.8. The van der Waals surface area contributed by atoms with Gasteiger partial charge in [0, 0.05) is 19.3 Å². The number of esters is 3. The van der Waals surface area contributed by atoms with Gasteiger partial charge in [-0.3, -0.25) is 14.4 Å². The fraction of sp³-hybridized carbons (Fsp3) is 0.943. The molecule has 0 aliphatic carbocycles. The van der Waals surface area contributed by atoms with E-state index in [0.29, 0.717) is 19.3 Å². The van der Waals surface area contributed by atoms with Gasteiger partial charge in [-0.05, 0) is 25.2 Å². The van der Waals surface area contributed by atoms with Crippen molar-refractivity contribution in [3.05, 3.63) is 0 Å². The van der Waals surface area contributed by atoms with Crippen LogP contribution in [0.25, 0.3) is 0 Å². The van der Waals surface area contributed by atoms with E-state index in [1.165, 1.54) is 193 Å². The molecule has 0 aliphatic heterocycles. The summed E-state index contributed by atoms with van der Waals surface area (Å²) in [6, 6.07) is 0. The lowest BCUT2D eigenvalue weighted by Crippen LogP contribution is -2.30. The lowest BCUT2D eigenvalue weighted by molar-refractivity contribution is -0.167. The fourth-order valence-corrected chi connectivity index (χ4v) is 8.04. The highest BCUT2D eigenvalue weighted by Gasteiger charge is 2.19. The Bertz CT molecular complexity index is 887. The van der Waals surface area contributed by atoms with Crippen LogP contribution in [0.5, 0.6) is 0 Å². The molecule has 6 heteroatoms. The zero-order valence-electron chi connectivity index (χ0n) is 40.2. The Hall–Kier alpha value is -1.59. The molecule has 0 aromatic carbocycles. The SMILES string of the molecule is CCCCCCCCCCCCC(=O)OC[C@@H](COC(=O)CCCCCCCCCCCCCCCCCCCCC(C)C)OC(=O)CCCCCCCCCCCC. The zero-order valence-corrected chi connectivity index (χ0v) is 40.2. The molecule has 59 heavy (non-hydrogen) atoms. The van der Waals surface area contributed by atoms with Crippen molar-refractivity contribution in [2.45, 2.75) is 303 Å². The van der Waals surface area contributed by atoms with Gasteiger partial charge in [0.25, 0.3) is 0 Å². The molecule has 0 aromatic rings. The van der Waals surface area contributed by atoms with Crippen LogP contribution in [0.4, 0.5) is 0 Å². The normalized spacial score (nSPS) is 11.9. The topological polar surface area (TPSA) is 78.9 Å². The van der Waals surface area contributed by atoms with Crippen molar-refractivity contribution >= 4 is 17.9 Å². The highest BCUT2D eigenvalue weighted by Crippen LogP contribution is 2.17. The van der Waals surface area contributed by atoms with E-state index in [-0.39, 0.29) is 31.1 Å². The Morgan fingerprint density at radius 3 is 0.831 bits per heavy atom. The monoisotopic (exact) mass is 835 g/mol. The highest BCUT2D eigenvalue weighted by molar-refractivity contribution is 5.71. The molecule has 0 amide bonds. The van der Waals surface area contributed by atoms with Crippen LogP contribution in [-0.2, 0) is 28.6 Å². The minimum Gasteiger partial charge on any atom is -0.462 e. The molecule has 0 spiro atoms. The maximum Gasteiger partial charge on any atom is 0.306 e. The number of ether oxygens (including phenoxy) is 3. The number of rotatable bonds is 48. The van der Waals surface area contributed by atoms with E-state index in [9.17, 15) is 14.4 Å². The molecule has 0 fully saturated rings. The van der Waals surface area contributed by atoms with Gasteiger partial charge < -0.3 is 14.2 Å². The average molecular weight is 835 g/mol. The highest BCUT2D eigenvalue weighted by atomic mass is 16.6. The quantitative estimate of drug-likeness (QED) is 0.0345. The third-order valence-corrected chi connectivity index (χ3v) is 12.0. The molecular weight excluding hydrogens is 733 g/mol. The maximum atomic E-state index is 12.7. The Labute approximate surface area is 368 Å². The van der Waals surface area contributed by atoms with Gasteiger partial charge >= 0.3 is 17.9 Å².